The van der Waals surface area contributed by atoms with Gasteiger partial charge in [-0.15, -0.1) is 0 Å². The van der Waals surface area contributed by atoms with E-state index in [1.807, 2.05) is 0 Å². The fraction of sp³-hybridized carbons (Fsp3) is 0.385. The summed E-state index contributed by atoms with van der Waals surface area (Å²) in [6.07, 6.45) is 0. The van der Waals surface area contributed by atoms with E-state index in [4.69, 9.17) is 16.7 Å². The third kappa shape index (κ3) is 3.90. The molecule has 0 aliphatic heterocycles. The Balaban J connectivity index is 2.82. The summed E-state index contributed by atoms with van der Waals surface area (Å²) in [6, 6.07) is 1.38. The van der Waals surface area contributed by atoms with Crippen molar-refractivity contribution in [1.29, 1.82) is 0 Å². The molecule has 0 heterocycles. The van der Waals surface area contributed by atoms with Crippen molar-refractivity contribution in [3.8, 4) is 0 Å². The average molecular weight is 306 g/mol. The first-order valence-electron chi connectivity index (χ1n) is 5.89. The lowest BCUT2D eigenvalue weighted by molar-refractivity contribution is -0.142. The van der Waals surface area contributed by atoms with Gasteiger partial charge in [0.05, 0.1) is 16.5 Å². The predicted octanol–water partition coefficient (Wildman–Crippen LogP) is 2.70. The lowest BCUT2D eigenvalue weighted by Crippen LogP contribution is -2.35. The molecule has 4 nitrogen and oxygen atoms in total. The normalized spacial score (nSPS) is 12.3. The molecule has 0 bridgehead atoms. The Labute approximate surface area is 119 Å². The Hall–Kier alpha value is -1.69. The second-order valence-electron chi connectivity index (χ2n) is 4.64. The summed E-state index contributed by atoms with van der Waals surface area (Å²) >= 11 is 5.65. The molecule has 1 amide bonds. The van der Waals surface area contributed by atoms with Crippen LogP contribution in [0.1, 0.15) is 24.2 Å². The van der Waals surface area contributed by atoms with Crippen molar-refractivity contribution in [1.82, 2.24) is 5.32 Å². The van der Waals surface area contributed by atoms with E-state index in [1.165, 1.54) is 0 Å². The molecule has 0 aliphatic carbocycles. The first kappa shape index (κ1) is 16.4. The number of rotatable bonds is 5. The molecule has 1 atom stereocenters. The first-order chi connectivity index (χ1) is 9.23. The predicted molar refractivity (Wildman–Crippen MR) is 69.7 cm³/mol. The number of aliphatic carboxylic acids is 1. The van der Waals surface area contributed by atoms with Crippen LogP contribution in [0.4, 0.5) is 8.78 Å². The van der Waals surface area contributed by atoms with E-state index < -0.39 is 29.4 Å². The Bertz CT molecular complexity index is 535. The van der Waals surface area contributed by atoms with Crippen LogP contribution < -0.4 is 5.32 Å². The molecular formula is C13H14ClF2NO3. The van der Waals surface area contributed by atoms with Crippen molar-refractivity contribution in [2.45, 2.75) is 13.8 Å². The van der Waals surface area contributed by atoms with Gasteiger partial charge in [0.25, 0.3) is 5.91 Å². The zero-order valence-corrected chi connectivity index (χ0v) is 11.7. The number of benzene rings is 1. The van der Waals surface area contributed by atoms with Crippen molar-refractivity contribution in [2.75, 3.05) is 6.54 Å². The minimum absolute atomic E-state index is 0.124. The summed E-state index contributed by atoms with van der Waals surface area (Å²) in [7, 11) is 0. The summed E-state index contributed by atoms with van der Waals surface area (Å²) in [4.78, 5) is 22.8. The second-order valence-corrected chi connectivity index (χ2v) is 5.05. The highest BCUT2D eigenvalue weighted by atomic mass is 35.5. The number of nitrogens with one attached hydrogen (secondary N) is 1. The summed E-state index contributed by atoms with van der Waals surface area (Å²) < 4.78 is 25.9. The van der Waals surface area contributed by atoms with Gasteiger partial charge < -0.3 is 10.4 Å². The molecule has 0 saturated heterocycles. The van der Waals surface area contributed by atoms with Crippen molar-refractivity contribution >= 4 is 23.5 Å². The van der Waals surface area contributed by atoms with Gasteiger partial charge in [-0.1, -0.05) is 25.4 Å². The molecule has 1 aromatic carbocycles. The van der Waals surface area contributed by atoms with E-state index >= 15 is 0 Å². The molecule has 0 fully saturated rings. The summed E-state index contributed by atoms with van der Waals surface area (Å²) in [5, 5.41) is 11.1. The SMILES string of the molecule is CC(C)C(CNC(=O)c1cc(F)c(F)cc1Cl)C(=O)O. The van der Waals surface area contributed by atoms with Gasteiger partial charge in [-0.3, -0.25) is 9.59 Å². The number of hydrogen-bond acceptors (Lipinski definition) is 2. The maximum absolute atomic E-state index is 13.1. The first-order valence-corrected chi connectivity index (χ1v) is 6.27. The Morgan fingerprint density at radius 1 is 1.30 bits per heavy atom. The topological polar surface area (TPSA) is 66.4 Å². The highest BCUT2D eigenvalue weighted by molar-refractivity contribution is 6.33. The lowest BCUT2D eigenvalue weighted by Gasteiger charge is -2.17. The van der Waals surface area contributed by atoms with Crippen LogP contribution in [-0.4, -0.2) is 23.5 Å². The van der Waals surface area contributed by atoms with Gasteiger partial charge in [0.15, 0.2) is 11.6 Å². The second kappa shape index (κ2) is 6.65. The van der Waals surface area contributed by atoms with E-state index in [9.17, 15) is 18.4 Å². The lowest BCUT2D eigenvalue weighted by atomic mass is 9.96. The highest BCUT2D eigenvalue weighted by Crippen LogP contribution is 2.20. The molecule has 20 heavy (non-hydrogen) atoms. The number of carboxylic acids is 1. The number of halogens is 3. The van der Waals surface area contributed by atoms with Crippen LogP contribution in [0, 0.1) is 23.5 Å². The minimum Gasteiger partial charge on any atom is -0.481 e. The maximum Gasteiger partial charge on any atom is 0.308 e. The number of carbonyl (C=O) groups is 2. The summed E-state index contributed by atoms with van der Waals surface area (Å²) in [5.74, 6) is -5.11. The van der Waals surface area contributed by atoms with Gasteiger partial charge in [-0.05, 0) is 18.1 Å². The fourth-order valence-electron chi connectivity index (χ4n) is 1.60. The van der Waals surface area contributed by atoms with E-state index in [0.29, 0.717) is 12.1 Å². The van der Waals surface area contributed by atoms with Crippen LogP contribution in [0.5, 0.6) is 0 Å². The van der Waals surface area contributed by atoms with Crippen molar-refractivity contribution in [3.05, 3.63) is 34.4 Å². The molecule has 110 valence electrons. The minimum atomic E-state index is -1.20. The number of carbonyl (C=O) groups excluding carboxylic acids is 1. The average Bonchev–Trinajstić information content (AvgIpc) is 2.32. The zero-order valence-electron chi connectivity index (χ0n) is 10.9. The molecule has 1 aromatic rings. The smallest absolute Gasteiger partial charge is 0.308 e. The Morgan fingerprint density at radius 2 is 1.85 bits per heavy atom. The van der Waals surface area contributed by atoms with E-state index in [-0.39, 0.29) is 23.0 Å². The molecule has 0 radical (unpaired) electrons. The number of carboxylic acid groups (broad SMARTS) is 1. The molecule has 1 rings (SSSR count). The third-order valence-corrected chi connectivity index (χ3v) is 3.17. The van der Waals surface area contributed by atoms with Gasteiger partial charge >= 0.3 is 5.97 Å². The van der Waals surface area contributed by atoms with Crippen LogP contribution in [-0.2, 0) is 4.79 Å². The van der Waals surface area contributed by atoms with Crippen LogP contribution >= 0.6 is 11.6 Å². The molecule has 2 N–H and O–H groups in total. The Kier molecular flexibility index (Phi) is 5.44. The molecule has 0 saturated carbocycles. The highest BCUT2D eigenvalue weighted by Gasteiger charge is 2.23. The van der Waals surface area contributed by atoms with Crippen molar-refractivity contribution in [3.63, 3.8) is 0 Å². The van der Waals surface area contributed by atoms with E-state index in [1.54, 1.807) is 13.8 Å². The van der Waals surface area contributed by atoms with E-state index in [0.717, 1.165) is 0 Å². The van der Waals surface area contributed by atoms with E-state index in [2.05, 4.69) is 5.32 Å². The molecular weight excluding hydrogens is 292 g/mol. The molecule has 0 spiro atoms. The molecule has 0 aromatic heterocycles. The quantitative estimate of drug-likeness (QED) is 0.822. The van der Waals surface area contributed by atoms with Crippen LogP contribution in [0.25, 0.3) is 0 Å². The van der Waals surface area contributed by atoms with Crippen molar-refractivity contribution in [2.24, 2.45) is 11.8 Å². The largest absolute Gasteiger partial charge is 0.481 e. The monoisotopic (exact) mass is 305 g/mol. The number of amides is 1. The fourth-order valence-corrected chi connectivity index (χ4v) is 1.84. The maximum atomic E-state index is 13.1. The van der Waals surface area contributed by atoms with Crippen LogP contribution in [0.2, 0.25) is 5.02 Å². The van der Waals surface area contributed by atoms with Gasteiger partial charge in [0, 0.05) is 6.54 Å². The van der Waals surface area contributed by atoms with Gasteiger partial charge in [0.2, 0.25) is 0 Å². The summed E-state index contributed by atoms with van der Waals surface area (Å²) in [6.45, 7) is 3.28. The van der Waals surface area contributed by atoms with Gasteiger partial charge in [-0.25, -0.2) is 8.78 Å². The van der Waals surface area contributed by atoms with Crippen LogP contribution in [0.15, 0.2) is 12.1 Å². The zero-order chi connectivity index (χ0) is 15.4. The van der Waals surface area contributed by atoms with Gasteiger partial charge in [0.1, 0.15) is 0 Å². The summed E-state index contributed by atoms with van der Waals surface area (Å²) in [5.41, 5.74) is -0.238. The molecule has 7 heteroatoms. The Morgan fingerprint density at radius 3 is 2.35 bits per heavy atom. The standard InChI is InChI=1S/C13H14ClF2NO3/c1-6(2)8(13(19)20)5-17-12(18)7-3-10(15)11(16)4-9(7)14/h3-4,6,8H,5H2,1-2H3,(H,17,18)(H,19,20). The van der Waals surface area contributed by atoms with Crippen molar-refractivity contribution < 1.29 is 23.5 Å². The third-order valence-electron chi connectivity index (χ3n) is 2.86. The van der Waals surface area contributed by atoms with Crippen LogP contribution in [0.3, 0.4) is 0 Å². The van der Waals surface area contributed by atoms with Gasteiger partial charge in [-0.2, -0.15) is 0 Å². The number of hydrogen-bond donors (Lipinski definition) is 2. The molecule has 1 unspecified atom stereocenters. The molecule has 0 aliphatic rings.